The Morgan fingerprint density at radius 3 is 2.35 bits per heavy atom. The van der Waals surface area contributed by atoms with Gasteiger partial charge in [0, 0.05) is 39.1 Å². The van der Waals surface area contributed by atoms with Gasteiger partial charge >= 0.3 is 6.09 Å². The molecule has 0 saturated carbocycles. The lowest BCUT2D eigenvalue weighted by molar-refractivity contribution is -0.121. The Labute approximate surface area is 138 Å². The van der Waals surface area contributed by atoms with E-state index in [0.717, 1.165) is 12.8 Å². The lowest BCUT2D eigenvalue weighted by Crippen LogP contribution is -2.51. The summed E-state index contributed by atoms with van der Waals surface area (Å²) < 4.78 is 30.7. The number of carbonyl (C=O) groups is 2. The molecule has 23 heavy (non-hydrogen) atoms. The van der Waals surface area contributed by atoms with E-state index < -0.39 is 16.1 Å². The van der Waals surface area contributed by atoms with Crippen LogP contribution in [0.15, 0.2) is 0 Å². The predicted molar refractivity (Wildman–Crippen MR) is 86.5 cm³/mol. The van der Waals surface area contributed by atoms with Gasteiger partial charge in [0.2, 0.25) is 15.9 Å². The molecule has 1 aliphatic rings. The summed E-state index contributed by atoms with van der Waals surface area (Å²) in [5, 5.41) is 2.63. The minimum Gasteiger partial charge on any atom is -0.450 e. The summed E-state index contributed by atoms with van der Waals surface area (Å²) in [6, 6.07) is 0. The van der Waals surface area contributed by atoms with E-state index in [1.165, 1.54) is 9.21 Å². The monoisotopic (exact) mass is 349 g/mol. The summed E-state index contributed by atoms with van der Waals surface area (Å²) in [6.07, 6.45) is 1.74. The Morgan fingerprint density at radius 2 is 1.78 bits per heavy atom. The van der Waals surface area contributed by atoms with Crippen LogP contribution >= 0.6 is 0 Å². The smallest absolute Gasteiger partial charge is 0.409 e. The molecule has 0 radical (unpaired) electrons. The number of hydrogen-bond donors (Lipinski definition) is 1. The van der Waals surface area contributed by atoms with Gasteiger partial charge in [-0.25, -0.2) is 13.2 Å². The maximum Gasteiger partial charge on any atom is 0.409 e. The molecule has 0 aliphatic carbocycles. The fourth-order valence-electron chi connectivity index (χ4n) is 2.24. The second-order valence-corrected chi connectivity index (χ2v) is 7.44. The molecule has 0 bridgehead atoms. The minimum atomic E-state index is -3.42. The number of rotatable bonds is 8. The third-order valence-electron chi connectivity index (χ3n) is 3.60. The van der Waals surface area contributed by atoms with Crippen LogP contribution in [0.4, 0.5) is 4.79 Å². The molecule has 0 aromatic heterocycles. The maximum atomic E-state index is 12.2. The summed E-state index contributed by atoms with van der Waals surface area (Å²) in [6.45, 7) is 5.29. The van der Waals surface area contributed by atoms with Crippen LogP contribution in [-0.4, -0.2) is 74.7 Å². The molecule has 1 heterocycles. The van der Waals surface area contributed by atoms with Crippen LogP contribution in [-0.2, 0) is 19.6 Å². The predicted octanol–water partition coefficient (Wildman–Crippen LogP) is 0.397. The lowest BCUT2D eigenvalue weighted by atomic mass is 10.2. The van der Waals surface area contributed by atoms with Gasteiger partial charge in [0.15, 0.2) is 0 Å². The van der Waals surface area contributed by atoms with Gasteiger partial charge in [0.25, 0.3) is 0 Å². The zero-order valence-corrected chi connectivity index (χ0v) is 14.7. The molecule has 0 spiro atoms. The molecular weight excluding hydrogens is 322 g/mol. The summed E-state index contributed by atoms with van der Waals surface area (Å²) in [7, 11) is -3.42. The maximum absolute atomic E-state index is 12.2. The third-order valence-corrected chi connectivity index (χ3v) is 5.47. The third kappa shape index (κ3) is 6.74. The van der Waals surface area contributed by atoms with Crippen molar-refractivity contribution in [2.75, 3.05) is 45.1 Å². The normalized spacial score (nSPS) is 16.2. The van der Waals surface area contributed by atoms with Gasteiger partial charge in [0.1, 0.15) is 0 Å². The number of piperazine rings is 1. The lowest BCUT2D eigenvalue weighted by Gasteiger charge is -2.33. The summed E-state index contributed by atoms with van der Waals surface area (Å²) >= 11 is 0. The van der Waals surface area contributed by atoms with Crippen LogP contribution in [0.2, 0.25) is 0 Å². The first-order valence-electron chi connectivity index (χ1n) is 8.07. The average Bonchev–Trinajstić information content (AvgIpc) is 2.53. The van der Waals surface area contributed by atoms with E-state index in [2.05, 4.69) is 5.32 Å². The van der Waals surface area contributed by atoms with Gasteiger partial charge < -0.3 is 15.0 Å². The van der Waals surface area contributed by atoms with E-state index in [9.17, 15) is 18.0 Å². The number of nitrogens with one attached hydrogen (secondary N) is 1. The van der Waals surface area contributed by atoms with Crippen molar-refractivity contribution in [3.63, 3.8) is 0 Å². The van der Waals surface area contributed by atoms with Gasteiger partial charge in [-0.05, 0) is 13.3 Å². The van der Waals surface area contributed by atoms with E-state index in [4.69, 9.17) is 4.74 Å². The molecule has 2 amide bonds. The highest BCUT2D eigenvalue weighted by Crippen LogP contribution is 2.09. The fraction of sp³-hybridized carbons (Fsp3) is 0.857. The van der Waals surface area contributed by atoms with Gasteiger partial charge in [0.05, 0.1) is 12.4 Å². The van der Waals surface area contributed by atoms with Gasteiger partial charge in [-0.15, -0.1) is 0 Å². The number of amides is 2. The minimum absolute atomic E-state index is 0.114. The molecule has 1 saturated heterocycles. The van der Waals surface area contributed by atoms with Crippen LogP contribution in [0.1, 0.15) is 33.1 Å². The first-order chi connectivity index (χ1) is 10.9. The van der Waals surface area contributed by atoms with Crippen molar-refractivity contribution in [3.05, 3.63) is 0 Å². The summed E-state index contributed by atoms with van der Waals surface area (Å²) in [5.41, 5.74) is 0. The molecule has 8 nitrogen and oxygen atoms in total. The van der Waals surface area contributed by atoms with Crippen molar-refractivity contribution < 1.29 is 22.7 Å². The molecule has 0 aromatic rings. The Morgan fingerprint density at radius 1 is 1.13 bits per heavy atom. The topological polar surface area (TPSA) is 96.0 Å². The van der Waals surface area contributed by atoms with Crippen LogP contribution in [0.5, 0.6) is 0 Å². The molecule has 1 N–H and O–H groups in total. The highest BCUT2D eigenvalue weighted by atomic mass is 32.2. The summed E-state index contributed by atoms with van der Waals surface area (Å²) in [5.74, 6) is -0.237. The summed E-state index contributed by atoms with van der Waals surface area (Å²) in [4.78, 5) is 24.5. The second-order valence-electron chi connectivity index (χ2n) is 5.35. The van der Waals surface area contributed by atoms with Crippen LogP contribution < -0.4 is 5.32 Å². The molecule has 1 fully saturated rings. The van der Waals surface area contributed by atoms with Crippen LogP contribution in [0.25, 0.3) is 0 Å². The van der Waals surface area contributed by atoms with Crippen molar-refractivity contribution in [2.45, 2.75) is 33.1 Å². The average molecular weight is 349 g/mol. The van der Waals surface area contributed by atoms with E-state index in [-0.39, 0.29) is 31.3 Å². The van der Waals surface area contributed by atoms with E-state index >= 15 is 0 Å². The quantitative estimate of drug-likeness (QED) is 0.684. The van der Waals surface area contributed by atoms with Crippen LogP contribution in [0.3, 0.4) is 0 Å². The molecule has 0 aromatic carbocycles. The molecule has 0 unspecified atom stereocenters. The number of ether oxygens (including phenoxy) is 1. The molecule has 9 heteroatoms. The first kappa shape index (κ1) is 19.7. The largest absolute Gasteiger partial charge is 0.450 e. The van der Waals surface area contributed by atoms with Crippen molar-refractivity contribution in [1.82, 2.24) is 14.5 Å². The van der Waals surface area contributed by atoms with Gasteiger partial charge in [-0.1, -0.05) is 13.3 Å². The molecule has 1 aliphatic heterocycles. The van der Waals surface area contributed by atoms with Crippen LogP contribution in [0, 0.1) is 0 Å². The molecular formula is C14H27N3O5S. The Balaban J connectivity index is 2.35. The standard InChI is InChI=1S/C14H27N3O5S/c1-3-5-6-13(18)15-7-12-23(20,21)17-10-8-16(9-11-17)14(19)22-4-2/h3-12H2,1-2H3,(H,15,18). The van der Waals surface area contributed by atoms with Crippen molar-refractivity contribution in [2.24, 2.45) is 0 Å². The number of unbranched alkanes of at least 4 members (excludes halogenated alkanes) is 1. The number of hydrogen-bond acceptors (Lipinski definition) is 5. The second kappa shape index (κ2) is 9.71. The molecule has 0 atom stereocenters. The van der Waals surface area contributed by atoms with Gasteiger partial charge in [-0.3, -0.25) is 4.79 Å². The van der Waals surface area contributed by atoms with E-state index in [0.29, 0.717) is 26.1 Å². The van der Waals surface area contributed by atoms with Crippen molar-refractivity contribution in [1.29, 1.82) is 0 Å². The highest BCUT2D eigenvalue weighted by Gasteiger charge is 2.29. The zero-order chi connectivity index (χ0) is 17.3. The van der Waals surface area contributed by atoms with E-state index in [1.807, 2.05) is 6.92 Å². The molecule has 134 valence electrons. The Bertz CT molecular complexity index is 487. The van der Waals surface area contributed by atoms with E-state index in [1.54, 1.807) is 6.92 Å². The number of nitrogens with zero attached hydrogens (tertiary/aromatic N) is 2. The number of sulfonamides is 1. The molecule has 1 rings (SSSR count). The van der Waals surface area contributed by atoms with Crippen molar-refractivity contribution >= 4 is 22.0 Å². The fourth-order valence-corrected chi connectivity index (χ4v) is 3.58. The zero-order valence-electron chi connectivity index (χ0n) is 13.9. The highest BCUT2D eigenvalue weighted by molar-refractivity contribution is 7.89. The Hall–Kier alpha value is -1.35. The van der Waals surface area contributed by atoms with Crippen molar-refractivity contribution in [3.8, 4) is 0 Å². The number of carbonyl (C=O) groups excluding carboxylic acids is 2. The van der Waals surface area contributed by atoms with Gasteiger partial charge in [-0.2, -0.15) is 4.31 Å². The Kier molecular flexibility index (Phi) is 8.32. The first-order valence-corrected chi connectivity index (χ1v) is 9.67. The SMILES string of the molecule is CCCCC(=O)NCCS(=O)(=O)N1CCN(C(=O)OCC)CC1.